The summed E-state index contributed by atoms with van der Waals surface area (Å²) in [4.78, 5) is 26.9. The smallest absolute Gasteiger partial charge is 0.251 e. The summed E-state index contributed by atoms with van der Waals surface area (Å²) in [5.41, 5.74) is 1.34. The van der Waals surface area contributed by atoms with Crippen molar-refractivity contribution in [3.8, 4) is 0 Å². The standard InChI is InChI=1S/C20H22BrN3O4S/c21-16-5-8-19(25)22(13-16)14-20(26)24-11-3-4-15-12-17(6-7-18(15)24)29(27,28)23-9-1-2-10-23/h5-8,12-13H,1-4,9-11,14H2. The molecule has 0 atom stereocenters. The summed E-state index contributed by atoms with van der Waals surface area (Å²) in [6.45, 7) is 1.61. The van der Waals surface area contributed by atoms with Gasteiger partial charge in [0.05, 0.1) is 4.90 Å². The van der Waals surface area contributed by atoms with Crippen LogP contribution in [-0.2, 0) is 27.8 Å². The van der Waals surface area contributed by atoms with E-state index in [1.807, 2.05) is 0 Å². The molecule has 1 saturated heterocycles. The van der Waals surface area contributed by atoms with E-state index in [1.165, 1.54) is 14.9 Å². The highest BCUT2D eigenvalue weighted by molar-refractivity contribution is 9.10. The van der Waals surface area contributed by atoms with Crippen molar-refractivity contribution < 1.29 is 13.2 Å². The summed E-state index contributed by atoms with van der Waals surface area (Å²) in [6, 6.07) is 8.06. The molecular weight excluding hydrogens is 458 g/mol. The molecule has 3 heterocycles. The zero-order valence-corrected chi connectivity index (χ0v) is 18.3. The molecule has 2 aliphatic heterocycles. The summed E-state index contributed by atoms with van der Waals surface area (Å²) in [5.74, 6) is -0.193. The number of pyridine rings is 1. The normalized spacial score (nSPS) is 17.3. The first-order chi connectivity index (χ1) is 13.9. The Morgan fingerprint density at radius 3 is 2.55 bits per heavy atom. The monoisotopic (exact) mass is 479 g/mol. The first kappa shape index (κ1) is 20.3. The summed E-state index contributed by atoms with van der Waals surface area (Å²) in [6.07, 6.45) is 4.85. The van der Waals surface area contributed by atoms with E-state index in [0.717, 1.165) is 41.4 Å². The predicted molar refractivity (Wildman–Crippen MR) is 114 cm³/mol. The Morgan fingerprint density at radius 2 is 1.79 bits per heavy atom. The molecule has 2 aliphatic rings. The van der Waals surface area contributed by atoms with Crippen LogP contribution in [0.3, 0.4) is 0 Å². The third-order valence-electron chi connectivity index (χ3n) is 5.43. The van der Waals surface area contributed by atoms with Crippen LogP contribution >= 0.6 is 15.9 Å². The van der Waals surface area contributed by atoms with Crippen molar-refractivity contribution in [2.75, 3.05) is 24.5 Å². The molecule has 0 bridgehead atoms. The van der Waals surface area contributed by atoms with Gasteiger partial charge < -0.3 is 9.47 Å². The van der Waals surface area contributed by atoms with Gasteiger partial charge in [0, 0.05) is 42.1 Å². The number of aryl methyl sites for hydroxylation is 1. The maximum absolute atomic E-state index is 12.9. The Hall–Kier alpha value is -1.97. The van der Waals surface area contributed by atoms with Crippen LogP contribution in [0.4, 0.5) is 5.69 Å². The first-order valence-electron chi connectivity index (χ1n) is 9.66. The second-order valence-corrected chi connectivity index (χ2v) is 10.2. The number of hydrogen-bond acceptors (Lipinski definition) is 4. The fourth-order valence-electron chi connectivity index (χ4n) is 3.93. The fourth-order valence-corrected chi connectivity index (χ4v) is 5.87. The van der Waals surface area contributed by atoms with E-state index < -0.39 is 10.0 Å². The quantitative estimate of drug-likeness (QED) is 0.673. The Balaban J connectivity index is 1.61. The number of rotatable bonds is 4. The van der Waals surface area contributed by atoms with Crippen molar-refractivity contribution >= 4 is 37.5 Å². The lowest BCUT2D eigenvalue weighted by atomic mass is 10.0. The van der Waals surface area contributed by atoms with Gasteiger partial charge in [-0.1, -0.05) is 0 Å². The van der Waals surface area contributed by atoms with Gasteiger partial charge in [-0.25, -0.2) is 8.42 Å². The van der Waals surface area contributed by atoms with Gasteiger partial charge in [0.15, 0.2) is 0 Å². The first-order valence-corrected chi connectivity index (χ1v) is 11.9. The molecule has 2 aromatic rings. The number of benzene rings is 1. The summed E-state index contributed by atoms with van der Waals surface area (Å²) in [5, 5.41) is 0. The molecule has 9 heteroatoms. The topological polar surface area (TPSA) is 79.7 Å². The molecule has 0 saturated carbocycles. The maximum atomic E-state index is 12.9. The Bertz CT molecular complexity index is 1110. The highest BCUT2D eigenvalue weighted by atomic mass is 79.9. The van der Waals surface area contributed by atoms with E-state index in [2.05, 4.69) is 15.9 Å². The third kappa shape index (κ3) is 4.04. The second-order valence-electron chi connectivity index (χ2n) is 7.36. The number of anilines is 1. The molecule has 0 aliphatic carbocycles. The van der Waals surface area contributed by atoms with E-state index >= 15 is 0 Å². The van der Waals surface area contributed by atoms with Gasteiger partial charge in [0.2, 0.25) is 15.9 Å². The maximum Gasteiger partial charge on any atom is 0.251 e. The lowest BCUT2D eigenvalue weighted by molar-refractivity contribution is -0.119. The van der Waals surface area contributed by atoms with Crippen LogP contribution in [0.2, 0.25) is 0 Å². The summed E-state index contributed by atoms with van der Waals surface area (Å²) >= 11 is 3.32. The summed E-state index contributed by atoms with van der Waals surface area (Å²) < 4.78 is 29.3. The van der Waals surface area contributed by atoms with E-state index in [9.17, 15) is 18.0 Å². The fraction of sp³-hybridized carbons (Fsp3) is 0.400. The minimum Gasteiger partial charge on any atom is -0.311 e. The number of sulfonamides is 1. The van der Waals surface area contributed by atoms with E-state index in [1.54, 1.807) is 35.4 Å². The van der Waals surface area contributed by atoms with Gasteiger partial charge in [-0.3, -0.25) is 9.59 Å². The van der Waals surface area contributed by atoms with Crippen LogP contribution < -0.4 is 10.5 Å². The number of carbonyl (C=O) groups is 1. The van der Waals surface area contributed by atoms with Crippen LogP contribution in [0.5, 0.6) is 0 Å². The molecular formula is C20H22BrN3O4S. The van der Waals surface area contributed by atoms with Crippen molar-refractivity contribution in [3.63, 3.8) is 0 Å². The van der Waals surface area contributed by atoms with Crippen LogP contribution in [0.25, 0.3) is 0 Å². The number of hydrogen-bond donors (Lipinski definition) is 0. The predicted octanol–water partition coefficient (Wildman–Crippen LogP) is 2.37. The molecule has 1 aromatic heterocycles. The van der Waals surface area contributed by atoms with Gasteiger partial charge in [-0.2, -0.15) is 4.31 Å². The zero-order chi connectivity index (χ0) is 20.6. The molecule has 1 fully saturated rings. The van der Waals surface area contributed by atoms with Crippen LogP contribution in [0.1, 0.15) is 24.8 Å². The van der Waals surface area contributed by atoms with Gasteiger partial charge in [-0.15, -0.1) is 0 Å². The van der Waals surface area contributed by atoms with Gasteiger partial charge >= 0.3 is 0 Å². The minimum atomic E-state index is -3.49. The Kier molecular flexibility index (Phi) is 5.63. The van der Waals surface area contributed by atoms with E-state index in [0.29, 0.717) is 19.6 Å². The van der Waals surface area contributed by atoms with Crippen LogP contribution in [-0.4, -0.2) is 42.8 Å². The van der Waals surface area contributed by atoms with Crippen molar-refractivity contribution in [2.45, 2.75) is 37.1 Å². The van der Waals surface area contributed by atoms with Gasteiger partial charge in [-0.05, 0) is 71.4 Å². The number of nitrogens with zero attached hydrogens (tertiary/aromatic N) is 3. The Labute approximate surface area is 178 Å². The minimum absolute atomic E-state index is 0.0639. The number of halogens is 1. The SMILES string of the molecule is O=C(Cn1cc(Br)ccc1=O)N1CCCc2cc(S(=O)(=O)N3CCCC3)ccc21. The molecule has 0 unspecified atom stereocenters. The zero-order valence-electron chi connectivity index (χ0n) is 15.9. The van der Waals surface area contributed by atoms with E-state index in [4.69, 9.17) is 0 Å². The highest BCUT2D eigenvalue weighted by Gasteiger charge is 2.29. The molecule has 1 amide bonds. The lowest BCUT2D eigenvalue weighted by Crippen LogP contribution is -2.39. The number of amides is 1. The van der Waals surface area contributed by atoms with Crippen molar-refractivity contribution in [3.05, 3.63) is 56.9 Å². The average Bonchev–Trinajstić information content (AvgIpc) is 3.25. The molecule has 154 valence electrons. The molecule has 1 aromatic carbocycles. The molecule has 0 spiro atoms. The highest BCUT2D eigenvalue weighted by Crippen LogP contribution is 2.31. The molecule has 0 N–H and O–H groups in total. The van der Waals surface area contributed by atoms with Crippen LogP contribution in [0.15, 0.2) is 50.7 Å². The molecule has 29 heavy (non-hydrogen) atoms. The number of carbonyl (C=O) groups excluding carboxylic acids is 1. The average molecular weight is 480 g/mol. The van der Waals surface area contributed by atoms with E-state index in [-0.39, 0.29) is 22.9 Å². The second kappa shape index (κ2) is 8.04. The van der Waals surface area contributed by atoms with Crippen molar-refractivity contribution in [1.82, 2.24) is 8.87 Å². The van der Waals surface area contributed by atoms with Crippen molar-refractivity contribution in [2.24, 2.45) is 0 Å². The van der Waals surface area contributed by atoms with Gasteiger partial charge in [0.25, 0.3) is 5.56 Å². The number of aromatic nitrogens is 1. The van der Waals surface area contributed by atoms with Crippen molar-refractivity contribution in [1.29, 1.82) is 0 Å². The third-order valence-corrected chi connectivity index (χ3v) is 7.79. The summed E-state index contributed by atoms with van der Waals surface area (Å²) in [7, 11) is -3.49. The largest absolute Gasteiger partial charge is 0.311 e. The Morgan fingerprint density at radius 1 is 1.03 bits per heavy atom. The molecule has 4 rings (SSSR count). The number of fused-ring (bicyclic) bond motifs is 1. The van der Waals surface area contributed by atoms with Gasteiger partial charge in [0.1, 0.15) is 6.54 Å². The lowest BCUT2D eigenvalue weighted by Gasteiger charge is -2.30. The molecule has 0 radical (unpaired) electrons. The molecule has 7 nitrogen and oxygen atoms in total. The van der Waals surface area contributed by atoms with Crippen LogP contribution in [0, 0.1) is 0 Å².